The van der Waals surface area contributed by atoms with Gasteiger partial charge < -0.3 is 16.0 Å². The van der Waals surface area contributed by atoms with E-state index in [0.29, 0.717) is 36.6 Å². The van der Waals surface area contributed by atoms with Crippen LogP contribution in [0.25, 0.3) is 0 Å². The number of carbonyl (C=O) groups excluding carboxylic acids is 2. The molecule has 2 aliphatic rings. The smallest absolute Gasteiger partial charge is 0.272 e. The standard InChI is InChI=1S/C18H24N4O4/c1-11-9-13(6-7-15(11)22(25)26)18(24)21-8-2-3-16(21)17(23)20-10-14(19)12-4-5-12/h6-7,9,12,14,16H,2-5,8,10,19H2,1H3,(H,20,23). The molecular weight excluding hydrogens is 336 g/mol. The molecule has 2 atom stereocenters. The summed E-state index contributed by atoms with van der Waals surface area (Å²) in [4.78, 5) is 37.3. The van der Waals surface area contributed by atoms with E-state index in [2.05, 4.69) is 5.32 Å². The molecular formula is C18H24N4O4. The zero-order chi connectivity index (χ0) is 18.8. The van der Waals surface area contributed by atoms with Crippen molar-refractivity contribution >= 4 is 17.5 Å². The minimum atomic E-state index is -0.510. The Morgan fingerprint density at radius 3 is 2.73 bits per heavy atom. The van der Waals surface area contributed by atoms with Crippen molar-refractivity contribution in [3.63, 3.8) is 0 Å². The summed E-state index contributed by atoms with van der Waals surface area (Å²) >= 11 is 0. The first kappa shape index (κ1) is 18.3. The van der Waals surface area contributed by atoms with Crippen LogP contribution < -0.4 is 11.1 Å². The van der Waals surface area contributed by atoms with Gasteiger partial charge in [0.1, 0.15) is 6.04 Å². The van der Waals surface area contributed by atoms with Gasteiger partial charge in [0.15, 0.2) is 0 Å². The molecule has 1 aromatic carbocycles. The molecule has 26 heavy (non-hydrogen) atoms. The first-order chi connectivity index (χ1) is 12.4. The SMILES string of the molecule is Cc1cc(C(=O)N2CCCC2C(=O)NCC(N)C2CC2)ccc1[N+](=O)[O-]. The van der Waals surface area contributed by atoms with Gasteiger partial charge in [0, 0.05) is 36.3 Å². The average molecular weight is 360 g/mol. The van der Waals surface area contributed by atoms with Gasteiger partial charge in [-0.15, -0.1) is 0 Å². The number of nitro groups is 1. The highest BCUT2D eigenvalue weighted by Crippen LogP contribution is 2.31. The third kappa shape index (κ3) is 3.85. The molecule has 1 aliphatic carbocycles. The number of nitrogens with two attached hydrogens (primary N) is 1. The fraction of sp³-hybridized carbons (Fsp3) is 0.556. The highest BCUT2D eigenvalue weighted by atomic mass is 16.6. The van der Waals surface area contributed by atoms with Gasteiger partial charge in [-0.25, -0.2) is 0 Å². The van der Waals surface area contributed by atoms with E-state index >= 15 is 0 Å². The summed E-state index contributed by atoms with van der Waals surface area (Å²) in [5.41, 5.74) is 6.79. The van der Waals surface area contributed by atoms with Crippen LogP contribution in [0, 0.1) is 23.0 Å². The number of nitro benzene ring substituents is 1. The van der Waals surface area contributed by atoms with E-state index in [1.807, 2.05) is 0 Å². The Labute approximate surface area is 151 Å². The van der Waals surface area contributed by atoms with Gasteiger partial charge in [-0.05, 0) is 50.7 Å². The van der Waals surface area contributed by atoms with Gasteiger partial charge in [-0.3, -0.25) is 19.7 Å². The molecule has 1 saturated heterocycles. The van der Waals surface area contributed by atoms with Gasteiger partial charge >= 0.3 is 0 Å². The highest BCUT2D eigenvalue weighted by molar-refractivity contribution is 5.98. The molecule has 3 rings (SSSR count). The van der Waals surface area contributed by atoms with Crippen molar-refractivity contribution in [1.29, 1.82) is 0 Å². The molecule has 140 valence electrons. The van der Waals surface area contributed by atoms with E-state index in [9.17, 15) is 19.7 Å². The molecule has 0 radical (unpaired) electrons. The normalized spacial score (nSPS) is 20.7. The second-order valence-electron chi connectivity index (χ2n) is 7.16. The van der Waals surface area contributed by atoms with Crippen LogP contribution in [0.15, 0.2) is 18.2 Å². The van der Waals surface area contributed by atoms with Gasteiger partial charge in [-0.1, -0.05) is 0 Å². The molecule has 2 unspecified atom stereocenters. The lowest BCUT2D eigenvalue weighted by molar-refractivity contribution is -0.385. The maximum absolute atomic E-state index is 12.8. The lowest BCUT2D eigenvalue weighted by atomic mass is 10.1. The summed E-state index contributed by atoms with van der Waals surface area (Å²) < 4.78 is 0. The number of aryl methyl sites for hydroxylation is 1. The summed E-state index contributed by atoms with van der Waals surface area (Å²) in [5, 5.41) is 13.8. The van der Waals surface area contributed by atoms with Crippen LogP contribution in [0.4, 0.5) is 5.69 Å². The summed E-state index contributed by atoms with van der Waals surface area (Å²) in [6.07, 6.45) is 3.60. The fourth-order valence-electron chi connectivity index (χ4n) is 3.47. The van der Waals surface area contributed by atoms with Crippen molar-refractivity contribution < 1.29 is 14.5 Å². The number of rotatable bonds is 6. The quantitative estimate of drug-likeness (QED) is 0.586. The first-order valence-corrected chi connectivity index (χ1v) is 8.97. The lowest BCUT2D eigenvalue weighted by Crippen LogP contribution is -2.48. The predicted octanol–water partition coefficient (Wildman–Crippen LogP) is 1.36. The molecule has 0 spiro atoms. The van der Waals surface area contributed by atoms with Crippen LogP contribution in [-0.4, -0.2) is 46.8 Å². The molecule has 2 amide bonds. The van der Waals surface area contributed by atoms with Crippen molar-refractivity contribution in [2.24, 2.45) is 11.7 Å². The van der Waals surface area contributed by atoms with Crippen molar-refractivity contribution in [2.45, 2.75) is 44.7 Å². The summed E-state index contributed by atoms with van der Waals surface area (Å²) in [5.74, 6) is 0.0532. The number of amides is 2. The molecule has 0 aromatic heterocycles. The fourth-order valence-corrected chi connectivity index (χ4v) is 3.47. The van der Waals surface area contributed by atoms with Gasteiger partial charge in [-0.2, -0.15) is 0 Å². The minimum absolute atomic E-state index is 0.0219. The zero-order valence-electron chi connectivity index (χ0n) is 14.8. The molecule has 0 bridgehead atoms. The zero-order valence-corrected chi connectivity index (χ0v) is 14.8. The number of carbonyl (C=O) groups is 2. The molecule has 1 heterocycles. The van der Waals surface area contributed by atoms with E-state index in [1.54, 1.807) is 11.8 Å². The number of nitrogens with one attached hydrogen (secondary N) is 1. The van der Waals surface area contributed by atoms with Crippen LogP contribution in [0.1, 0.15) is 41.6 Å². The summed E-state index contributed by atoms with van der Waals surface area (Å²) in [6.45, 7) is 2.53. The molecule has 1 aliphatic heterocycles. The van der Waals surface area contributed by atoms with E-state index in [4.69, 9.17) is 5.73 Å². The van der Waals surface area contributed by atoms with Crippen molar-refractivity contribution in [3.05, 3.63) is 39.4 Å². The second kappa shape index (κ2) is 7.41. The van der Waals surface area contributed by atoms with E-state index in [1.165, 1.54) is 18.2 Å². The molecule has 1 aromatic rings. The van der Waals surface area contributed by atoms with Gasteiger partial charge in [0.2, 0.25) is 5.91 Å². The van der Waals surface area contributed by atoms with Crippen LogP contribution >= 0.6 is 0 Å². The number of likely N-dealkylation sites (tertiary alicyclic amines) is 1. The Bertz CT molecular complexity index is 732. The summed E-state index contributed by atoms with van der Waals surface area (Å²) in [6, 6.07) is 3.76. The third-order valence-corrected chi connectivity index (χ3v) is 5.20. The average Bonchev–Trinajstić information content (AvgIpc) is 3.35. The van der Waals surface area contributed by atoms with E-state index in [-0.39, 0.29) is 23.5 Å². The predicted molar refractivity (Wildman–Crippen MR) is 95.6 cm³/mol. The highest BCUT2D eigenvalue weighted by Gasteiger charge is 2.35. The molecule has 8 nitrogen and oxygen atoms in total. The number of hydrogen-bond donors (Lipinski definition) is 2. The van der Waals surface area contributed by atoms with E-state index < -0.39 is 11.0 Å². The van der Waals surface area contributed by atoms with Crippen molar-refractivity contribution in [3.8, 4) is 0 Å². The largest absolute Gasteiger partial charge is 0.353 e. The first-order valence-electron chi connectivity index (χ1n) is 8.97. The van der Waals surface area contributed by atoms with Crippen LogP contribution in [0.5, 0.6) is 0 Å². The Balaban J connectivity index is 1.66. The summed E-state index contributed by atoms with van der Waals surface area (Å²) in [7, 11) is 0. The lowest BCUT2D eigenvalue weighted by Gasteiger charge is -2.25. The van der Waals surface area contributed by atoms with Crippen LogP contribution in [0.3, 0.4) is 0 Å². The Hall–Kier alpha value is -2.48. The maximum atomic E-state index is 12.8. The second-order valence-corrected chi connectivity index (χ2v) is 7.16. The maximum Gasteiger partial charge on any atom is 0.272 e. The van der Waals surface area contributed by atoms with Crippen LogP contribution in [-0.2, 0) is 4.79 Å². The minimum Gasteiger partial charge on any atom is -0.353 e. The van der Waals surface area contributed by atoms with Crippen molar-refractivity contribution in [1.82, 2.24) is 10.2 Å². The monoisotopic (exact) mass is 360 g/mol. The molecule has 2 fully saturated rings. The van der Waals surface area contributed by atoms with Crippen molar-refractivity contribution in [2.75, 3.05) is 13.1 Å². The third-order valence-electron chi connectivity index (χ3n) is 5.20. The number of benzene rings is 1. The van der Waals surface area contributed by atoms with Gasteiger partial charge in [0.05, 0.1) is 4.92 Å². The Kier molecular flexibility index (Phi) is 5.22. The number of nitrogens with zero attached hydrogens (tertiary/aromatic N) is 2. The Morgan fingerprint density at radius 1 is 1.38 bits per heavy atom. The van der Waals surface area contributed by atoms with E-state index in [0.717, 1.165) is 19.3 Å². The number of hydrogen-bond acceptors (Lipinski definition) is 5. The Morgan fingerprint density at radius 2 is 2.12 bits per heavy atom. The molecule has 1 saturated carbocycles. The van der Waals surface area contributed by atoms with Crippen LogP contribution in [0.2, 0.25) is 0 Å². The molecule has 3 N–H and O–H groups in total. The molecule has 8 heteroatoms. The topological polar surface area (TPSA) is 119 Å². The van der Waals surface area contributed by atoms with Gasteiger partial charge in [0.25, 0.3) is 11.6 Å².